The van der Waals surface area contributed by atoms with Crippen molar-refractivity contribution in [1.29, 1.82) is 0 Å². The molecule has 22 heavy (non-hydrogen) atoms. The van der Waals surface area contributed by atoms with E-state index in [1.165, 1.54) is 26.2 Å². The molecule has 1 amide bonds. The lowest BCUT2D eigenvalue weighted by Gasteiger charge is -2.15. The predicted molar refractivity (Wildman–Crippen MR) is 82.2 cm³/mol. The Hall–Kier alpha value is -1.64. The molecule has 1 atom stereocenters. The molecule has 8 heteroatoms. The average molecular weight is 330 g/mol. The number of hydrogen-bond donors (Lipinski definition) is 3. The van der Waals surface area contributed by atoms with Gasteiger partial charge in [0.05, 0.1) is 18.0 Å². The van der Waals surface area contributed by atoms with Gasteiger partial charge in [0.15, 0.2) is 0 Å². The zero-order valence-corrected chi connectivity index (χ0v) is 13.7. The lowest BCUT2D eigenvalue weighted by molar-refractivity contribution is -0.122. The van der Waals surface area contributed by atoms with Gasteiger partial charge in [-0.15, -0.1) is 0 Å². The van der Waals surface area contributed by atoms with Crippen LogP contribution in [0, 0.1) is 6.92 Å². The Morgan fingerprint density at radius 3 is 2.64 bits per heavy atom. The van der Waals surface area contributed by atoms with Crippen LogP contribution < -0.4 is 14.8 Å². The highest BCUT2D eigenvalue weighted by Crippen LogP contribution is 2.21. The molecule has 0 aliphatic rings. The zero-order chi connectivity index (χ0) is 16.8. The predicted octanol–water partition coefficient (Wildman–Crippen LogP) is 0.169. The monoisotopic (exact) mass is 330 g/mol. The second kappa shape index (κ2) is 8.11. The third-order valence-electron chi connectivity index (χ3n) is 3.04. The van der Waals surface area contributed by atoms with E-state index in [2.05, 4.69) is 10.0 Å². The van der Waals surface area contributed by atoms with Gasteiger partial charge in [-0.25, -0.2) is 8.42 Å². The van der Waals surface area contributed by atoms with E-state index in [0.29, 0.717) is 24.3 Å². The normalized spacial score (nSPS) is 12.7. The van der Waals surface area contributed by atoms with Crippen LogP contribution in [0.15, 0.2) is 23.1 Å². The molecular weight excluding hydrogens is 308 g/mol. The van der Waals surface area contributed by atoms with Gasteiger partial charge < -0.3 is 15.2 Å². The molecule has 0 saturated heterocycles. The number of nitrogens with one attached hydrogen (secondary N) is 2. The van der Waals surface area contributed by atoms with Gasteiger partial charge >= 0.3 is 0 Å². The maximum atomic E-state index is 12.3. The van der Waals surface area contributed by atoms with Gasteiger partial charge in [0.1, 0.15) is 5.75 Å². The molecule has 0 radical (unpaired) electrons. The van der Waals surface area contributed by atoms with Gasteiger partial charge in [-0.05, 0) is 44.0 Å². The molecule has 0 aliphatic carbocycles. The molecule has 1 aromatic carbocycles. The van der Waals surface area contributed by atoms with Crippen LogP contribution in [0.3, 0.4) is 0 Å². The standard InChI is InChI=1S/C14H22N2O5S/c1-10-9-12(5-6-13(10)21-3)22(19,20)16-11(2)14(18)15-7-4-8-17/h5-6,9,11,16-17H,4,7-8H2,1-3H3,(H,15,18). The number of sulfonamides is 1. The molecule has 0 aliphatic heterocycles. The molecule has 0 heterocycles. The number of aryl methyl sites for hydroxylation is 1. The van der Waals surface area contributed by atoms with Gasteiger partial charge in [-0.3, -0.25) is 4.79 Å². The summed E-state index contributed by atoms with van der Waals surface area (Å²) in [7, 11) is -2.29. The third kappa shape index (κ3) is 4.97. The van der Waals surface area contributed by atoms with E-state index in [9.17, 15) is 13.2 Å². The minimum Gasteiger partial charge on any atom is -0.496 e. The Bertz CT molecular complexity index is 616. The van der Waals surface area contributed by atoms with Crippen molar-refractivity contribution in [1.82, 2.24) is 10.0 Å². The molecule has 0 aromatic heterocycles. The molecule has 1 rings (SSSR count). The highest BCUT2D eigenvalue weighted by Gasteiger charge is 2.22. The first kappa shape index (κ1) is 18.4. The first-order valence-corrected chi connectivity index (χ1v) is 8.35. The van der Waals surface area contributed by atoms with Crippen LogP contribution in [0.5, 0.6) is 5.75 Å². The Morgan fingerprint density at radius 1 is 1.41 bits per heavy atom. The third-order valence-corrected chi connectivity index (χ3v) is 4.57. The average Bonchev–Trinajstić information content (AvgIpc) is 2.46. The van der Waals surface area contributed by atoms with E-state index >= 15 is 0 Å². The van der Waals surface area contributed by atoms with E-state index in [0.717, 1.165) is 0 Å². The van der Waals surface area contributed by atoms with Crippen LogP contribution in [0.2, 0.25) is 0 Å². The highest BCUT2D eigenvalue weighted by atomic mass is 32.2. The molecule has 0 saturated carbocycles. The fourth-order valence-electron chi connectivity index (χ4n) is 1.82. The number of ether oxygens (including phenoxy) is 1. The van der Waals surface area contributed by atoms with E-state index in [1.807, 2.05) is 0 Å². The fourth-order valence-corrected chi connectivity index (χ4v) is 3.10. The van der Waals surface area contributed by atoms with E-state index in [-0.39, 0.29) is 11.5 Å². The minimum absolute atomic E-state index is 0.0362. The summed E-state index contributed by atoms with van der Waals surface area (Å²) in [6.45, 7) is 3.46. The molecule has 1 aromatic rings. The van der Waals surface area contributed by atoms with Crippen molar-refractivity contribution in [3.8, 4) is 5.75 Å². The van der Waals surface area contributed by atoms with Crippen LogP contribution in [-0.4, -0.2) is 45.7 Å². The highest BCUT2D eigenvalue weighted by molar-refractivity contribution is 7.89. The van der Waals surface area contributed by atoms with Gasteiger partial charge in [-0.2, -0.15) is 4.72 Å². The summed E-state index contributed by atoms with van der Waals surface area (Å²) in [5.74, 6) is 0.149. The van der Waals surface area contributed by atoms with Gasteiger partial charge in [-0.1, -0.05) is 0 Å². The number of aliphatic hydroxyl groups is 1. The summed E-state index contributed by atoms with van der Waals surface area (Å²) in [6.07, 6.45) is 0.420. The molecule has 0 fully saturated rings. The number of carbonyl (C=O) groups excluding carboxylic acids is 1. The van der Waals surface area contributed by atoms with Crippen LogP contribution in [-0.2, 0) is 14.8 Å². The largest absolute Gasteiger partial charge is 0.496 e. The number of rotatable bonds is 8. The summed E-state index contributed by atoms with van der Waals surface area (Å²) in [5, 5.41) is 11.2. The number of carbonyl (C=O) groups is 1. The summed E-state index contributed by atoms with van der Waals surface area (Å²) < 4.78 is 31.9. The van der Waals surface area contributed by atoms with Crippen molar-refractivity contribution in [3.63, 3.8) is 0 Å². The molecule has 0 bridgehead atoms. The Kier molecular flexibility index (Phi) is 6.79. The maximum Gasteiger partial charge on any atom is 0.241 e. The minimum atomic E-state index is -3.80. The SMILES string of the molecule is COc1ccc(S(=O)(=O)NC(C)C(=O)NCCCO)cc1C. The van der Waals surface area contributed by atoms with Gasteiger partial charge in [0, 0.05) is 13.2 Å². The van der Waals surface area contributed by atoms with E-state index < -0.39 is 22.0 Å². The van der Waals surface area contributed by atoms with Crippen molar-refractivity contribution >= 4 is 15.9 Å². The molecule has 1 unspecified atom stereocenters. The second-order valence-corrected chi connectivity index (χ2v) is 6.56. The fraction of sp³-hybridized carbons (Fsp3) is 0.500. The maximum absolute atomic E-state index is 12.3. The van der Waals surface area contributed by atoms with Gasteiger partial charge in [0.2, 0.25) is 15.9 Å². The number of hydrogen-bond acceptors (Lipinski definition) is 5. The molecule has 0 spiro atoms. The Balaban J connectivity index is 2.78. The topological polar surface area (TPSA) is 105 Å². The van der Waals surface area contributed by atoms with Crippen LogP contribution in [0.1, 0.15) is 18.9 Å². The van der Waals surface area contributed by atoms with Crippen LogP contribution in [0.25, 0.3) is 0 Å². The van der Waals surface area contributed by atoms with Crippen molar-refractivity contribution in [3.05, 3.63) is 23.8 Å². The van der Waals surface area contributed by atoms with Crippen molar-refractivity contribution in [2.24, 2.45) is 0 Å². The molecule has 3 N–H and O–H groups in total. The summed E-state index contributed by atoms with van der Waals surface area (Å²) >= 11 is 0. The van der Waals surface area contributed by atoms with Gasteiger partial charge in [0.25, 0.3) is 0 Å². The second-order valence-electron chi connectivity index (χ2n) is 4.84. The Labute approximate surface area is 130 Å². The number of aliphatic hydroxyl groups excluding tert-OH is 1. The molecule has 7 nitrogen and oxygen atoms in total. The molecule has 124 valence electrons. The van der Waals surface area contributed by atoms with Crippen LogP contribution in [0.4, 0.5) is 0 Å². The molecular formula is C14H22N2O5S. The summed E-state index contributed by atoms with van der Waals surface area (Å²) in [6, 6.07) is 3.56. The summed E-state index contributed by atoms with van der Waals surface area (Å²) in [4.78, 5) is 11.8. The van der Waals surface area contributed by atoms with Crippen molar-refractivity contribution in [2.75, 3.05) is 20.3 Å². The quantitative estimate of drug-likeness (QED) is 0.589. The first-order chi connectivity index (χ1) is 10.3. The van der Waals surface area contributed by atoms with Crippen molar-refractivity contribution in [2.45, 2.75) is 31.2 Å². The number of benzene rings is 1. The van der Waals surface area contributed by atoms with E-state index in [4.69, 9.17) is 9.84 Å². The summed E-state index contributed by atoms with van der Waals surface area (Å²) in [5.41, 5.74) is 0.686. The number of methoxy groups -OCH3 is 1. The van der Waals surface area contributed by atoms with Crippen LogP contribution >= 0.6 is 0 Å². The zero-order valence-electron chi connectivity index (χ0n) is 12.9. The number of amides is 1. The Morgan fingerprint density at radius 2 is 2.09 bits per heavy atom. The van der Waals surface area contributed by atoms with E-state index in [1.54, 1.807) is 13.0 Å². The smallest absolute Gasteiger partial charge is 0.241 e. The van der Waals surface area contributed by atoms with Crippen molar-refractivity contribution < 1.29 is 23.1 Å². The first-order valence-electron chi connectivity index (χ1n) is 6.87. The lowest BCUT2D eigenvalue weighted by atomic mass is 10.2. The lowest BCUT2D eigenvalue weighted by Crippen LogP contribution is -2.45.